The van der Waals surface area contributed by atoms with Crippen LogP contribution in [0.5, 0.6) is 5.75 Å². The second-order valence-corrected chi connectivity index (χ2v) is 12.1. The van der Waals surface area contributed by atoms with Gasteiger partial charge in [0.05, 0.1) is 23.7 Å². The van der Waals surface area contributed by atoms with Gasteiger partial charge in [-0.2, -0.15) is 5.48 Å². The summed E-state index contributed by atoms with van der Waals surface area (Å²) in [6.07, 6.45) is 6.95. The van der Waals surface area contributed by atoms with Crippen molar-refractivity contribution in [3.63, 3.8) is 0 Å². The maximum Gasteiger partial charge on any atom is 0.310 e. The minimum absolute atomic E-state index is 0.0348. The Kier molecular flexibility index (Phi) is 7.79. The molecule has 5 rings (SSSR count). The number of esters is 1. The lowest BCUT2D eigenvalue weighted by atomic mass is 9.64. The number of carbonyl (C=O) groups is 1. The molecule has 1 saturated carbocycles. The molecule has 2 aliphatic rings. The minimum Gasteiger partial charge on any atom is -0.491 e. The Morgan fingerprint density at radius 3 is 2.56 bits per heavy atom. The molecule has 0 bridgehead atoms. The van der Waals surface area contributed by atoms with Crippen molar-refractivity contribution < 1.29 is 19.1 Å². The standard InChI is InChI=1S/C33H40N2O4/c1-22(2)37-29-16-15-24(25-13-10-18-34-21-25)19-27(29)28-20-33(39-35-28)17-9-14-26(31(36)38-32(3,4)5)30(33)23-11-7-6-8-12-23/h6-8,10-13,15-16,18-19,21-22,26,28,30,35H,9,14,17,20H2,1-5H3/t26?,28-,30+,33+/m0/s1. The number of rotatable bonds is 6. The quantitative estimate of drug-likeness (QED) is 0.342. The van der Waals surface area contributed by atoms with E-state index >= 15 is 0 Å². The van der Waals surface area contributed by atoms with Gasteiger partial charge < -0.3 is 9.47 Å². The monoisotopic (exact) mass is 528 g/mol. The number of hydrogen-bond acceptors (Lipinski definition) is 6. The number of benzene rings is 2. The third-order valence-corrected chi connectivity index (χ3v) is 7.65. The molecule has 6 heteroatoms. The van der Waals surface area contributed by atoms with Crippen LogP contribution in [0.2, 0.25) is 0 Å². The first-order valence-corrected chi connectivity index (χ1v) is 14.1. The topological polar surface area (TPSA) is 69.7 Å². The molecule has 206 valence electrons. The van der Waals surface area contributed by atoms with E-state index in [-0.39, 0.29) is 30.0 Å². The third-order valence-electron chi connectivity index (χ3n) is 7.65. The third kappa shape index (κ3) is 6.02. The first kappa shape index (κ1) is 27.4. The van der Waals surface area contributed by atoms with Gasteiger partial charge in [-0.3, -0.25) is 14.6 Å². The predicted octanol–water partition coefficient (Wildman–Crippen LogP) is 7.17. The van der Waals surface area contributed by atoms with E-state index in [2.05, 4.69) is 40.8 Å². The molecule has 1 aromatic heterocycles. The average Bonchev–Trinajstić information content (AvgIpc) is 3.32. The first-order valence-electron chi connectivity index (χ1n) is 14.1. The summed E-state index contributed by atoms with van der Waals surface area (Å²) in [5.41, 5.74) is 6.57. The molecule has 2 fully saturated rings. The van der Waals surface area contributed by atoms with Crippen molar-refractivity contribution in [3.8, 4) is 16.9 Å². The Morgan fingerprint density at radius 2 is 1.87 bits per heavy atom. The maximum atomic E-state index is 13.5. The summed E-state index contributed by atoms with van der Waals surface area (Å²) in [6.45, 7) is 9.86. The highest BCUT2D eigenvalue weighted by Gasteiger charge is 2.55. The van der Waals surface area contributed by atoms with Gasteiger partial charge in [0.25, 0.3) is 0 Å². The van der Waals surface area contributed by atoms with Crippen molar-refractivity contribution in [2.24, 2.45) is 5.92 Å². The van der Waals surface area contributed by atoms with Gasteiger partial charge in [-0.15, -0.1) is 0 Å². The predicted molar refractivity (Wildman–Crippen MR) is 152 cm³/mol. The molecule has 0 radical (unpaired) electrons. The Bertz CT molecular complexity index is 1270. The Morgan fingerprint density at radius 1 is 1.08 bits per heavy atom. The van der Waals surface area contributed by atoms with Crippen LogP contribution in [0, 0.1) is 5.92 Å². The molecule has 1 aliphatic carbocycles. The number of ether oxygens (including phenoxy) is 2. The fraction of sp³-hybridized carbons (Fsp3) is 0.455. The molecule has 2 heterocycles. The van der Waals surface area contributed by atoms with E-state index in [1.165, 1.54) is 0 Å². The van der Waals surface area contributed by atoms with Crippen LogP contribution in [-0.4, -0.2) is 28.3 Å². The highest BCUT2D eigenvalue weighted by Crippen LogP contribution is 2.54. The molecule has 1 aliphatic heterocycles. The molecule has 0 amide bonds. The van der Waals surface area contributed by atoms with Crippen molar-refractivity contribution in [2.45, 2.75) is 89.6 Å². The highest BCUT2D eigenvalue weighted by atomic mass is 16.7. The van der Waals surface area contributed by atoms with E-state index in [4.69, 9.17) is 14.3 Å². The van der Waals surface area contributed by atoms with E-state index in [0.717, 1.165) is 53.7 Å². The molecule has 1 spiro atoms. The Balaban J connectivity index is 1.52. The van der Waals surface area contributed by atoms with Gasteiger partial charge in [0, 0.05) is 35.9 Å². The summed E-state index contributed by atoms with van der Waals surface area (Å²) < 4.78 is 12.2. The van der Waals surface area contributed by atoms with E-state index in [1.54, 1.807) is 6.20 Å². The zero-order chi connectivity index (χ0) is 27.6. The van der Waals surface area contributed by atoms with Crippen molar-refractivity contribution in [1.82, 2.24) is 10.5 Å². The molecule has 2 aromatic carbocycles. The SMILES string of the molecule is CC(C)Oc1ccc(-c2cccnc2)cc1[C@@H]1C[C@@]2(CCCC(C(=O)OC(C)(C)C)[C@H]2c2ccccc2)ON1. The number of hydroxylamine groups is 1. The van der Waals surface area contributed by atoms with Gasteiger partial charge in [0.15, 0.2) is 0 Å². The maximum absolute atomic E-state index is 13.5. The molecule has 1 saturated heterocycles. The van der Waals surface area contributed by atoms with Gasteiger partial charge in [0.2, 0.25) is 0 Å². The fourth-order valence-corrected chi connectivity index (χ4v) is 6.17. The van der Waals surface area contributed by atoms with Crippen LogP contribution in [0.15, 0.2) is 73.1 Å². The minimum atomic E-state index is -0.550. The van der Waals surface area contributed by atoms with Gasteiger partial charge >= 0.3 is 5.97 Å². The zero-order valence-electron chi connectivity index (χ0n) is 23.6. The van der Waals surface area contributed by atoms with Crippen LogP contribution >= 0.6 is 0 Å². The molecule has 1 unspecified atom stereocenters. The number of hydrogen-bond donors (Lipinski definition) is 1. The van der Waals surface area contributed by atoms with Crippen molar-refractivity contribution in [3.05, 3.63) is 84.2 Å². The molecular weight excluding hydrogens is 488 g/mol. The number of pyridine rings is 1. The summed E-state index contributed by atoms with van der Waals surface area (Å²) in [7, 11) is 0. The summed E-state index contributed by atoms with van der Waals surface area (Å²) >= 11 is 0. The second-order valence-electron chi connectivity index (χ2n) is 12.1. The van der Waals surface area contributed by atoms with Gasteiger partial charge in [-0.1, -0.05) is 42.5 Å². The van der Waals surface area contributed by atoms with Crippen LogP contribution in [0.4, 0.5) is 0 Å². The van der Waals surface area contributed by atoms with E-state index in [9.17, 15) is 4.79 Å². The molecule has 3 aromatic rings. The second kappa shape index (κ2) is 11.1. The van der Waals surface area contributed by atoms with Crippen LogP contribution in [0.3, 0.4) is 0 Å². The van der Waals surface area contributed by atoms with Crippen molar-refractivity contribution in [1.29, 1.82) is 0 Å². The summed E-state index contributed by atoms with van der Waals surface area (Å²) in [5, 5.41) is 0. The Labute approximate surface area is 232 Å². The lowest BCUT2D eigenvalue weighted by Gasteiger charge is -2.44. The summed E-state index contributed by atoms with van der Waals surface area (Å²) in [6, 6.07) is 20.5. The van der Waals surface area contributed by atoms with E-state index < -0.39 is 11.2 Å². The molecule has 6 nitrogen and oxygen atoms in total. The first-order chi connectivity index (χ1) is 18.7. The lowest BCUT2D eigenvalue weighted by molar-refractivity contribution is -0.170. The highest BCUT2D eigenvalue weighted by molar-refractivity contribution is 5.75. The summed E-state index contributed by atoms with van der Waals surface area (Å²) in [5.74, 6) is 0.279. The molecule has 39 heavy (non-hydrogen) atoms. The van der Waals surface area contributed by atoms with Crippen LogP contribution < -0.4 is 10.2 Å². The number of aromatic nitrogens is 1. The van der Waals surface area contributed by atoms with Gasteiger partial charge in [-0.05, 0) is 83.2 Å². The van der Waals surface area contributed by atoms with E-state index in [1.807, 2.05) is 71.1 Å². The van der Waals surface area contributed by atoms with Gasteiger partial charge in [-0.25, -0.2) is 0 Å². The van der Waals surface area contributed by atoms with E-state index in [0.29, 0.717) is 0 Å². The van der Waals surface area contributed by atoms with Crippen LogP contribution in [-0.2, 0) is 14.4 Å². The fourth-order valence-electron chi connectivity index (χ4n) is 6.17. The molecule has 1 N–H and O–H groups in total. The molecule has 4 atom stereocenters. The smallest absolute Gasteiger partial charge is 0.310 e. The molecular formula is C33H40N2O4. The normalized spacial score (nSPS) is 25.1. The number of carbonyl (C=O) groups excluding carboxylic acids is 1. The number of nitrogens with zero attached hydrogens (tertiary/aromatic N) is 1. The summed E-state index contributed by atoms with van der Waals surface area (Å²) in [4.78, 5) is 24.5. The number of nitrogens with one attached hydrogen (secondary N) is 1. The van der Waals surface area contributed by atoms with Gasteiger partial charge in [0.1, 0.15) is 11.4 Å². The van der Waals surface area contributed by atoms with Crippen molar-refractivity contribution in [2.75, 3.05) is 0 Å². The van der Waals surface area contributed by atoms with Crippen LogP contribution in [0.1, 0.15) is 83.4 Å². The largest absolute Gasteiger partial charge is 0.491 e. The zero-order valence-corrected chi connectivity index (χ0v) is 23.6. The Hall–Kier alpha value is -3.22. The van der Waals surface area contributed by atoms with Crippen LogP contribution in [0.25, 0.3) is 11.1 Å². The average molecular weight is 529 g/mol. The van der Waals surface area contributed by atoms with Crippen molar-refractivity contribution >= 4 is 5.97 Å². The lowest BCUT2D eigenvalue weighted by Crippen LogP contribution is -2.47.